The summed E-state index contributed by atoms with van der Waals surface area (Å²) >= 11 is 11.2. The lowest BCUT2D eigenvalue weighted by Crippen LogP contribution is -2.39. The van der Waals surface area contributed by atoms with Crippen LogP contribution in [0.25, 0.3) is 6.08 Å². The highest BCUT2D eigenvalue weighted by Crippen LogP contribution is 2.36. The average Bonchev–Trinajstić information content (AvgIpc) is 3.32. The summed E-state index contributed by atoms with van der Waals surface area (Å²) in [6.45, 7) is 4.57. The summed E-state index contributed by atoms with van der Waals surface area (Å²) in [6, 6.07) is 14.2. The molecule has 1 atom stereocenters. The van der Waals surface area contributed by atoms with Gasteiger partial charge in [-0.15, -0.1) is 0 Å². The Kier molecular flexibility index (Phi) is 9.87. The molecule has 0 N–H and O–H groups in total. The molecule has 8 nitrogen and oxygen atoms in total. The van der Waals surface area contributed by atoms with Crippen LogP contribution in [0.15, 0.2) is 80.6 Å². The van der Waals surface area contributed by atoms with E-state index in [0.717, 1.165) is 0 Å². The van der Waals surface area contributed by atoms with E-state index in [-0.39, 0.29) is 28.6 Å². The molecule has 1 aromatic heterocycles. The Balaban J connectivity index is 1.55. The number of carbonyl (C=O) groups excluding carboxylic acids is 1. The number of thiazole rings is 1. The summed E-state index contributed by atoms with van der Waals surface area (Å²) in [6.07, 6.45) is 3.11. The van der Waals surface area contributed by atoms with Gasteiger partial charge in [0.2, 0.25) is 0 Å². The summed E-state index contributed by atoms with van der Waals surface area (Å²) in [5.41, 5.74) is 1.47. The van der Waals surface area contributed by atoms with Crippen molar-refractivity contribution in [1.82, 2.24) is 4.57 Å². The van der Waals surface area contributed by atoms with Crippen molar-refractivity contribution in [3.8, 4) is 17.2 Å². The van der Waals surface area contributed by atoms with Crippen LogP contribution in [0, 0.1) is 5.82 Å². The Labute approximate surface area is 269 Å². The quantitative estimate of drug-likeness (QED) is 0.190. The zero-order valence-electron chi connectivity index (χ0n) is 23.9. The number of nitrogens with zero attached hydrogens (tertiary/aromatic N) is 2. The van der Waals surface area contributed by atoms with E-state index in [1.807, 2.05) is 13.8 Å². The van der Waals surface area contributed by atoms with Crippen molar-refractivity contribution < 1.29 is 28.1 Å². The Hall–Kier alpha value is -3.93. The molecule has 0 bridgehead atoms. The predicted molar refractivity (Wildman–Crippen MR) is 170 cm³/mol. The topological polar surface area (TPSA) is 88.4 Å². The van der Waals surface area contributed by atoms with E-state index in [1.54, 1.807) is 54.6 Å². The monoisotopic (exact) mass is 700 g/mol. The van der Waals surface area contributed by atoms with Crippen molar-refractivity contribution in [3.63, 3.8) is 0 Å². The van der Waals surface area contributed by atoms with Crippen molar-refractivity contribution in [3.05, 3.63) is 118 Å². The van der Waals surface area contributed by atoms with Crippen LogP contribution < -0.4 is 29.1 Å². The zero-order valence-corrected chi connectivity index (χ0v) is 27.1. The Morgan fingerprint density at radius 3 is 2.55 bits per heavy atom. The van der Waals surface area contributed by atoms with E-state index < -0.39 is 12.0 Å². The van der Waals surface area contributed by atoms with E-state index in [9.17, 15) is 14.0 Å². The molecule has 1 aliphatic rings. The number of fused-ring (bicyclic) bond motifs is 1. The molecule has 44 heavy (non-hydrogen) atoms. The molecule has 0 saturated carbocycles. The summed E-state index contributed by atoms with van der Waals surface area (Å²) in [5, 5.41) is 0.276. The first-order valence-electron chi connectivity index (χ1n) is 13.6. The standard InChI is InChI=1S/C32H27BrClFN2O6S/c1-4-41-25-11-10-19(15-26(25)42-5-2)28-21(31(39)40-3)16-36-32-37(28)30(38)27(44-32)14-18-12-22(33)29(23(34)13-18)43-17-20-8-6-7-9-24(20)35/h6-16,28H,4-5,17H2,1-3H3/b27-14-/t28-/m0/s1. The maximum Gasteiger partial charge on any atom is 0.337 e. The Bertz CT molecular complexity index is 1920. The van der Waals surface area contributed by atoms with Gasteiger partial charge in [-0.2, -0.15) is 0 Å². The molecule has 5 rings (SSSR count). The highest BCUT2D eigenvalue weighted by Gasteiger charge is 2.31. The van der Waals surface area contributed by atoms with Crippen LogP contribution >= 0.6 is 38.9 Å². The van der Waals surface area contributed by atoms with Crippen LogP contribution in [-0.4, -0.2) is 30.9 Å². The van der Waals surface area contributed by atoms with Gasteiger partial charge in [0.15, 0.2) is 22.0 Å². The third kappa shape index (κ3) is 6.45. The van der Waals surface area contributed by atoms with Gasteiger partial charge in [-0.3, -0.25) is 9.36 Å². The number of rotatable bonds is 10. The number of esters is 1. The SMILES string of the molecule is CCOc1ccc([C@H]2C(C(=O)OC)=CN=c3s/c(=C\c4cc(Cl)c(OCc5ccccc5F)c(Br)c4)c(=O)n32)cc1OCC. The molecule has 0 fully saturated rings. The smallest absolute Gasteiger partial charge is 0.337 e. The minimum absolute atomic E-state index is 0.0119. The second-order valence-corrected chi connectivity index (χ2v) is 11.7. The van der Waals surface area contributed by atoms with Gasteiger partial charge >= 0.3 is 5.97 Å². The first-order chi connectivity index (χ1) is 21.2. The maximum absolute atomic E-state index is 14.1. The molecule has 4 aromatic rings. The Morgan fingerprint density at radius 1 is 1.09 bits per heavy atom. The summed E-state index contributed by atoms with van der Waals surface area (Å²) in [5.74, 6) is 0.406. The van der Waals surface area contributed by atoms with E-state index in [0.29, 0.717) is 61.0 Å². The average molecular weight is 702 g/mol. The molecular formula is C32H27BrClFN2O6S. The van der Waals surface area contributed by atoms with Gasteiger partial charge in [0, 0.05) is 11.8 Å². The van der Waals surface area contributed by atoms with Gasteiger partial charge < -0.3 is 18.9 Å². The van der Waals surface area contributed by atoms with Crippen LogP contribution in [0.4, 0.5) is 4.39 Å². The minimum atomic E-state index is -0.819. The Morgan fingerprint density at radius 2 is 1.84 bits per heavy atom. The fourth-order valence-electron chi connectivity index (χ4n) is 4.70. The third-order valence-corrected chi connectivity index (χ3v) is 8.52. The molecule has 0 amide bonds. The van der Waals surface area contributed by atoms with Gasteiger partial charge in [-0.05, 0) is 77.3 Å². The third-order valence-electron chi connectivity index (χ3n) is 6.66. The molecule has 3 aromatic carbocycles. The highest BCUT2D eigenvalue weighted by molar-refractivity contribution is 9.10. The molecule has 0 radical (unpaired) electrons. The summed E-state index contributed by atoms with van der Waals surface area (Å²) in [4.78, 5) is 31.6. The molecule has 2 heterocycles. The van der Waals surface area contributed by atoms with Crippen LogP contribution in [0.5, 0.6) is 17.2 Å². The van der Waals surface area contributed by atoms with Crippen molar-refractivity contribution in [2.75, 3.05) is 20.3 Å². The molecule has 228 valence electrons. The van der Waals surface area contributed by atoms with Crippen LogP contribution in [0.1, 0.15) is 36.6 Å². The summed E-state index contributed by atoms with van der Waals surface area (Å²) < 4.78 is 38.8. The number of methoxy groups -OCH3 is 1. The zero-order chi connectivity index (χ0) is 31.4. The lowest BCUT2D eigenvalue weighted by Gasteiger charge is -2.23. The number of hydrogen-bond acceptors (Lipinski definition) is 8. The van der Waals surface area contributed by atoms with Gasteiger partial charge in [-0.25, -0.2) is 14.2 Å². The van der Waals surface area contributed by atoms with Crippen molar-refractivity contribution >= 4 is 50.9 Å². The van der Waals surface area contributed by atoms with Crippen molar-refractivity contribution in [2.24, 2.45) is 4.99 Å². The first kappa shape index (κ1) is 31.5. The van der Waals surface area contributed by atoms with E-state index in [2.05, 4.69) is 20.9 Å². The molecule has 0 saturated heterocycles. The molecular weight excluding hydrogens is 675 g/mol. The van der Waals surface area contributed by atoms with E-state index in [1.165, 1.54) is 35.3 Å². The van der Waals surface area contributed by atoms with E-state index in [4.69, 9.17) is 30.5 Å². The fraction of sp³-hybridized carbons (Fsp3) is 0.219. The van der Waals surface area contributed by atoms with Crippen molar-refractivity contribution in [1.29, 1.82) is 0 Å². The largest absolute Gasteiger partial charge is 0.490 e. The highest BCUT2D eigenvalue weighted by atomic mass is 79.9. The number of carbonyl (C=O) groups is 1. The fourth-order valence-corrected chi connectivity index (χ4v) is 6.66. The lowest BCUT2D eigenvalue weighted by molar-refractivity contribution is -0.136. The van der Waals surface area contributed by atoms with Crippen molar-refractivity contribution in [2.45, 2.75) is 26.5 Å². The van der Waals surface area contributed by atoms with Gasteiger partial charge in [-0.1, -0.05) is 47.2 Å². The molecule has 12 heteroatoms. The summed E-state index contributed by atoms with van der Waals surface area (Å²) in [7, 11) is 1.28. The number of hydrogen-bond donors (Lipinski definition) is 0. The number of ether oxygens (including phenoxy) is 4. The first-order valence-corrected chi connectivity index (χ1v) is 15.6. The second-order valence-electron chi connectivity index (χ2n) is 9.44. The van der Waals surface area contributed by atoms with Crippen LogP contribution in [-0.2, 0) is 16.1 Å². The van der Waals surface area contributed by atoms with Crippen LogP contribution in [0.2, 0.25) is 5.02 Å². The molecule has 0 spiro atoms. The number of halogens is 3. The predicted octanol–water partition coefficient (Wildman–Crippen LogP) is 5.95. The van der Waals surface area contributed by atoms with Crippen LogP contribution in [0.3, 0.4) is 0 Å². The van der Waals surface area contributed by atoms with E-state index >= 15 is 0 Å². The lowest BCUT2D eigenvalue weighted by atomic mass is 9.97. The second kappa shape index (κ2) is 13.8. The molecule has 0 aliphatic carbocycles. The normalized spacial score (nSPS) is 14.4. The van der Waals surface area contributed by atoms with Gasteiger partial charge in [0.25, 0.3) is 5.56 Å². The molecule has 1 aliphatic heterocycles. The number of aromatic nitrogens is 1. The van der Waals surface area contributed by atoms with Gasteiger partial charge in [0.1, 0.15) is 12.4 Å². The number of benzene rings is 3. The van der Waals surface area contributed by atoms with Gasteiger partial charge in [0.05, 0.1) is 46.0 Å². The minimum Gasteiger partial charge on any atom is -0.490 e. The molecule has 0 unspecified atom stereocenters. The maximum atomic E-state index is 14.1.